The predicted octanol–water partition coefficient (Wildman–Crippen LogP) is 3.86. The Morgan fingerprint density at radius 3 is 2.64 bits per heavy atom. The van der Waals surface area contributed by atoms with Crippen molar-refractivity contribution in [3.8, 4) is 17.1 Å². The molecule has 0 aliphatic carbocycles. The van der Waals surface area contributed by atoms with E-state index >= 15 is 0 Å². The normalized spacial score (nSPS) is 11.9. The van der Waals surface area contributed by atoms with Crippen molar-refractivity contribution in [3.63, 3.8) is 0 Å². The maximum atomic E-state index is 12.1. The summed E-state index contributed by atoms with van der Waals surface area (Å²) in [5.41, 5.74) is 1.65. The highest BCUT2D eigenvalue weighted by atomic mass is 16.4. The highest BCUT2D eigenvalue weighted by Gasteiger charge is 2.14. The van der Waals surface area contributed by atoms with Gasteiger partial charge in [-0.3, -0.25) is 4.79 Å². The molecule has 0 saturated heterocycles. The Kier molecular flexibility index (Phi) is 5.14. The van der Waals surface area contributed by atoms with Gasteiger partial charge in [0.05, 0.1) is 12.2 Å². The number of nitrogens with zero attached hydrogens (tertiary/aromatic N) is 1. The molecule has 0 aliphatic heterocycles. The van der Waals surface area contributed by atoms with E-state index in [0.29, 0.717) is 23.6 Å². The molecule has 1 aromatic heterocycles. The average Bonchev–Trinajstić information content (AvgIpc) is 3.10. The van der Waals surface area contributed by atoms with Gasteiger partial charge in [0.2, 0.25) is 5.91 Å². The number of amides is 1. The van der Waals surface area contributed by atoms with E-state index in [-0.39, 0.29) is 24.1 Å². The van der Waals surface area contributed by atoms with Crippen LogP contribution in [0, 0.1) is 0 Å². The fourth-order valence-electron chi connectivity index (χ4n) is 2.63. The third-order valence-electron chi connectivity index (χ3n) is 3.96. The summed E-state index contributed by atoms with van der Waals surface area (Å²) in [4.78, 5) is 16.4. The lowest BCUT2D eigenvalue weighted by Crippen LogP contribution is -2.26. The molecule has 5 nitrogen and oxygen atoms in total. The van der Waals surface area contributed by atoms with Crippen LogP contribution in [0.2, 0.25) is 0 Å². The number of benzene rings is 2. The molecule has 0 aliphatic rings. The van der Waals surface area contributed by atoms with Gasteiger partial charge in [-0.1, -0.05) is 48.5 Å². The van der Waals surface area contributed by atoms with Crippen molar-refractivity contribution in [3.05, 3.63) is 72.2 Å². The van der Waals surface area contributed by atoms with Crippen molar-refractivity contribution in [2.45, 2.75) is 25.8 Å². The van der Waals surface area contributed by atoms with Crippen LogP contribution in [0.15, 0.2) is 65.2 Å². The van der Waals surface area contributed by atoms with E-state index in [1.807, 2.05) is 43.3 Å². The van der Waals surface area contributed by atoms with Crippen LogP contribution in [0.3, 0.4) is 0 Å². The zero-order chi connectivity index (χ0) is 17.6. The number of phenolic OH excluding ortho intramolecular Hbond substituents is 1. The van der Waals surface area contributed by atoms with Crippen LogP contribution < -0.4 is 5.32 Å². The molecule has 0 spiro atoms. The Labute approximate surface area is 146 Å². The minimum atomic E-state index is -0.266. The number of carbonyl (C=O) groups is 1. The Balaban J connectivity index is 1.54. The van der Waals surface area contributed by atoms with Crippen molar-refractivity contribution in [2.24, 2.45) is 0 Å². The predicted molar refractivity (Wildman–Crippen MR) is 94.9 cm³/mol. The van der Waals surface area contributed by atoms with Gasteiger partial charge in [-0.05, 0) is 13.0 Å². The van der Waals surface area contributed by atoms with E-state index in [2.05, 4.69) is 10.3 Å². The van der Waals surface area contributed by atoms with Crippen LogP contribution in [0.5, 0.6) is 5.75 Å². The fourth-order valence-corrected chi connectivity index (χ4v) is 2.63. The van der Waals surface area contributed by atoms with E-state index in [1.165, 1.54) is 0 Å². The van der Waals surface area contributed by atoms with Crippen molar-refractivity contribution >= 4 is 5.91 Å². The number of para-hydroxylation sites is 1. The number of aromatic hydroxyl groups is 1. The van der Waals surface area contributed by atoms with Crippen molar-refractivity contribution in [1.82, 2.24) is 10.3 Å². The summed E-state index contributed by atoms with van der Waals surface area (Å²) in [6.07, 6.45) is 2.37. The van der Waals surface area contributed by atoms with Crippen LogP contribution in [-0.2, 0) is 11.2 Å². The van der Waals surface area contributed by atoms with Gasteiger partial charge in [-0.2, -0.15) is 0 Å². The van der Waals surface area contributed by atoms with Crippen LogP contribution in [-0.4, -0.2) is 16.0 Å². The number of aryl methyl sites for hydroxylation is 1. The molecule has 0 radical (unpaired) electrons. The second-order valence-electron chi connectivity index (χ2n) is 5.83. The van der Waals surface area contributed by atoms with Crippen molar-refractivity contribution in [2.75, 3.05) is 0 Å². The standard InChI is InChI=1S/C20H20N2O3/c1-14(16-9-5-6-10-17(16)23)22-19(24)11-12-20-21-13-18(25-20)15-7-3-2-4-8-15/h2-10,13-14,23H,11-12H2,1H3,(H,22,24). The minimum absolute atomic E-state index is 0.116. The van der Waals surface area contributed by atoms with Gasteiger partial charge in [0.1, 0.15) is 5.75 Å². The first-order valence-corrected chi connectivity index (χ1v) is 8.21. The molecule has 2 aromatic carbocycles. The fraction of sp³-hybridized carbons (Fsp3) is 0.200. The van der Waals surface area contributed by atoms with Crippen molar-refractivity contribution < 1.29 is 14.3 Å². The monoisotopic (exact) mass is 336 g/mol. The summed E-state index contributed by atoms with van der Waals surface area (Å²) in [5, 5.41) is 12.7. The largest absolute Gasteiger partial charge is 0.508 e. The molecule has 3 aromatic rings. The molecule has 1 unspecified atom stereocenters. The average molecular weight is 336 g/mol. The lowest BCUT2D eigenvalue weighted by atomic mass is 10.1. The van der Waals surface area contributed by atoms with E-state index in [1.54, 1.807) is 24.4 Å². The Hall–Kier alpha value is -3.08. The lowest BCUT2D eigenvalue weighted by molar-refractivity contribution is -0.121. The number of hydrogen-bond acceptors (Lipinski definition) is 4. The summed E-state index contributed by atoms with van der Waals surface area (Å²) >= 11 is 0. The molecule has 3 rings (SSSR count). The summed E-state index contributed by atoms with van der Waals surface area (Å²) in [5.74, 6) is 1.29. The second-order valence-corrected chi connectivity index (χ2v) is 5.83. The van der Waals surface area contributed by atoms with Crippen molar-refractivity contribution in [1.29, 1.82) is 0 Å². The molecule has 1 atom stereocenters. The second kappa shape index (κ2) is 7.66. The van der Waals surface area contributed by atoms with Gasteiger partial charge in [-0.25, -0.2) is 4.98 Å². The molecule has 1 heterocycles. The minimum Gasteiger partial charge on any atom is -0.508 e. The molecule has 25 heavy (non-hydrogen) atoms. The number of nitrogens with one attached hydrogen (secondary N) is 1. The Morgan fingerprint density at radius 1 is 1.16 bits per heavy atom. The first-order chi connectivity index (χ1) is 12.1. The Morgan fingerprint density at radius 2 is 1.88 bits per heavy atom. The van der Waals surface area contributed by atoms with Crippen LogP contribution in [0.1, 0.15) is 30.8 Å². The number of oxazole rings is 1. The van der Waals surface area contributed by atoms with E-state index in [9.17, 15) is 9.90 Å². The van der Waals surface area contributed by atoms with Crippen LogP contribution >= 0.6 is 0 Å². The first-order valence-electron chi connectivity index (χ1n) is 8.21. The maximum absolute atomic E-state index is 12.1. The molecule has 0 fully saturated rings. The molecular formula is C20H20N2O3. The van der Waals surface area contributed by atoms with E-state index in [0.717, 1.165) is 5.56 Å². The van der Waals surface area contributed by atoms with Crippen LogP contribution in [0.25, 0.3) is 11.3 Å². The Bertz CT molecular complexity index is 843. The van der Waals surface area contributed by atoms with Gasteiger partial charge in [0.25, 0.3) is 0 Å². The molecule has 2 N–H and O–H groups in total. The quantitative estimate of drug-likeness (QED) is 0.717. The topological polar surface area (TPSA) is 75.4 Å². The SMILES string of the molecule is CC(NC(=O)CCc1ncc(-c2ccccc2)o1)c1ccccc1O. The molecule has 1 amide bonds. The summed E-state index contributed by atoms with van der Waals surface area (Å²) in [7, 11) is 0. The zero-order valence-corrected chi connectivity index (χ0v) is 14.0. The molecule has 5 heteroatoms. The van der Waals surface area contributed by atoms with E-state index < -0.39 is 0 Å². The van der Waals surface area contributed by atoms with Gasteiger partial charge in [0.15, 0.2) is 11.7 Å². The third kappa shape index (κ3) is 4.26. The third-order valence-corrected chi connectivity index (χ3v) is 3.96. The van der Waals surface area contributed by atoms with Gasteiger partial charge in [-0.15, -0.1) is 0 Å². The van der Waals surface area contributed by atoms with Gasteiger partial charge >= 0.3 is 0 Å². The molecule has 0 saturated carbocycles. The molecule has 128 valence electrons. The summed E-state index contributed by atoms with van der Waals surface area (Å²) in [6, 6.07) is 16.4. The highest BCUT2D eigenvalue weighted by molar-refractivity contribution is 5.76. The molecule has 0 bridgehead atoms. The number of hydrogen-bond donors (Lipinski definition) is 2. The number of carbonyl (C=O) groups excluding carboxylic acids is 1. The highest BCUT2D eigenvalue weighted by Crippen LogP contribution is 2.23. The summed E-state index contributed by atoms with van der Waals surface area (Å²) < 4.78 is 5.70. The number of phenols is 1. The zero-order valence-electron chi connectivity index (χ0n) is 14.0. The first kappa shape index (κ1) is 16.8. The van der Waals surface area contributed by atoms with Gasteiger partial charge < -0.3 is 14.8 Å². The van der Waals surface area contributed by atoms with Gasteiger partial charge in [0, 0.05) is 24.0 Å². The maximum Gasteiger partial charge on any atom is 0.220 e. The number of rotatable bonds is 6. The van der Waals surface area contributed by atoms with Crippen LogP contribution in [0.4, 0.5) is 0 Å². The smallest absolute Gasteiger partial charge is 0.220 e. The summed E-state index contributed by atoms with van der Waals surface area (Å²) in [6.45, 7) is 1.84. The number of aromatic nitrogens is 1. The molecular weight excluding hydrogens is 316 g/mol. The lowest BCUT2D eigenvalue weighted by Gasteiger charge is -2.15. The van der Waals surface area contributed by atoms with E-state index in [4.69, 9.17) is 4.42 Å².